The van der Waals surface area contributed by atoms with Crippen LogP contribution >= 0.6 is 0 Å². The molecule has 3 amide bonds. The highest BCUT2D eigenvalue weighted by molar-refractivity contribution is 5.86. The number of carbonyl (C=O) groups is 4. The molecule has 0 bridgehead atoms. The predicted molar refractivity (Wildman–Crippen MR) is 178 cm³/mol. The molecule has 46 heavy (non-hydrogen) atoms. The summed E-state index contributed by atoms with van der Waals surface area (Å²) in [4.78, 5) is 50.5. The van der Waals surface area contributed by atoms with Gasteiger partial charge in [0.05, 0.1) is 24.6 Å². The van der Waals surface area contributed by atoms with E-state index in [1.54, 1.807) is 12.2 Å². The van der Waals surface area contributed by atoms with Crippen LogP contribution in [-0.4, -0.2) is 60.8 Å². The molecule has 3 unspecified atom stereocenters. The molecule has 2 aromatic carbocycles. The minimum Gasteiger partial charge on any atom is -0.463 e. The van der Waals surface area contributed by atoms with Crippen molar-refractivity contribution in [2.75, 3.05) is 19.8 Å². The smallest absolute Gasteiger partial charge is 0.407 e. The van der Waals surface area contributed by atoms with Gasteiger partial charge in [0, 0.05) is 19.4 Å². The number of benzene rings is 2. The molecule has 0 fully saturated rings. The number of esters is 1. The number of carbonyl (C=O) groups excluding carboxylic acids is 4. The Morgan fingerprint density at radius 1 is 0.826 bits per heavy atom. The van der Waals surface area contributed by atoms with Crippen LogP contribution in [0.5, 0.6) is 0 Å². The van der Waals surface area contributed by atoms with Crippen molar-refractivity contribution in [1.29, 1.82) is 0 Å². The predicted octanol–water partition coefficient (Wildman–Crippen LogP) is 4.77. The van der Waals surface area contributed by atoms with Crippen LogP contribution in [-0.2, 0) is 36.9 Å². The highest BCUT2D eigenvalue weighted by Crippen LogP contribution is 2.13. The van der Waals surface area contributed by atoms with E-state index in [2.05, 4.69) is 29.1 Å². The summed E-state index contributed by atoms with van der Waals surface area (Å²) in [7, 11) is 0. The molecule has 4 N–H and O–H groups in total. The maximum absolute atomic E-state index is 13.3. The molecule has 0 aliphatic carbocycles. The zero-order chi connectivity index (χ0) is 33.4. The molecule has 10 heteroatoms. The number of hydrogen-bond acceptors (Lipinski definition) is 7. The van der Waals surface area contributed by atoms with Crippen LogP contribution in [0.2, 0.25) is 0 Å². The maximum Gasteiger partial charge on any atom is 0.407 e. The molecule has 0 aliphatic rings. The van der Waals surface area contributed by atoms with Crippen molar-refractivity contribution in [2.24, 2.45) is 5.92 Å². The molecule has 0 radical (unpaired) electrons. The van der Waals surface area contributed by atoms with E-state index in [1.807, 2.05) is 60.7 Å². The zero-order valence-corrected chi connectivity index (χ0v) is 26.7. The molecule has 0 aromatic heterocycles. The Kier molecular flexibility index (Phi) is 18.9. The largest absolute Gasteiger partial charge is 0.463 e. The first kappa shape index (κ1) is 37.7. The Balaban J connectivity index is 1.89. The van der Waals surface area contributed by atoms with E-state index in [9.17, 15) is 24.3 Å². The Bertz CT molecular complexity index is 1210. The number of alkyl carbamates (subject to hydrolysis) is 1. The third-order valence-corrected chi connectivity index (χ3v) is 7.21. The van der Waals surface area contributed by atoms with E-state index in [-0.39, 0.29) is 56.9 Å². The van der Waals surface area contributed by atoms with E-state index in [0.717, 1.165) is 11.1 Å². The van der Waals surface area contributed by atoms with Gasteiger partial charge >= 0.3 is 12.1 Å². The molecule has 0 heterocycles. The van der Waals surface area contributed by atoms with Crippen molar-refractivity contribution in [3.8, 4) is 0 Å². The van der Waals surface area contributed by atoms with Gasteiger partial charge in [-0.1, -0.05) is 72.8 Å². The minimum atomic E-state index is -0.694. The summed E-state index contributed by atoms with van der Waals surface area (Å²) in [5.74, 6) is -1.76. The van der Waals surface area contributed by atoms with Crippen LogP contribution in [0.1, 0.15) is 62.5 Å². The molecule has 10 nitrogen and oxygen atoms in total. The van der Waals surface area contributed by atoms with E-state index in [4.69, 9.17) is 9.47 Å². The third kappa shape index (κ3) is 16.6. The molecular formula is C36H49N3O7. The van der Waals surface area contributed by atoms with E-state index in [0.29, 0.717) is 45.1 Å². The normalized spacial score (nSPS) is 12.5. The van der Waals surface area contributed by atoms with Crippen LogP contribution < -0.4 is 16.0 Å². The fraction of sp³-hybridized carbons (Fsp3) is 0.444. The fourth-order valence-electron chi connectivity index (χ4n) is 4.71. The second-order valence-corrected chi connectivity index (χ2v) is 11.1. The first-order chi connectivity index (χ1) is 22.3. The minimum absolute atomic E-state index is 0.0120. The van der Waals surface area contributed by atoms with Gasteiger partial charge in [-0.05, 0) is 56.1 Å². The molecule has 0 spiro atoms. The average Bonchev–Trinajstić information content (AvgIpc) is 3.06. The monoisotopic (exact) mass is 635 g/mol. The van der Waals surface area contributed by atoms with Gasteiger partial charge in [0.25, 0.3) is 0 Å². The SMILES string of the molecule is C=CCCCC(=O)OCC(CCCCNC(=O)OCc1ccccc1)NC(=O)C(CC=C)CC(=O)NC(CO)Cc1ccccc1. The summed E-state index contributed by atoms with van der Waals surface area (Å²) >= 11 is 0. The number of rotatable bonds is 23. The lowest BCUT2D eigenvalue weighted by Crippen LogP contribution is -2.45. The highest BCUT2D eigenvalue weighted by Gasteiger charge is 2.25. The van der Waals surface area contributed by atoms with Gasteiger partial charge < -0.3 is 30.5 Å². The summed E-state index contributed by atoms with van der Waals surface area (Å²) in [5, 5.41) is 18.3. The quantitative estimate of drug-likeness (QED) is 0.0783. The van der Waals surface area contributed by atoms with Gasteiger partial charge in [0.15, 0.2) is 0 Å². The summed E-state index contributed by atoms with van der Waals surface area (Å²) in [6.07, 6.45) is 6.75. The average molecular weight is 636 g/mol. The fourth-order valence-corrected chi connectivity index (χ4v) is 4.71. The first-order valence-electron chi connectivity index (χ1n) is 15.9. The molecular weight excluding hydrogens is 586 g/mol. The summed E-state index contributed by atoms with van der Waals surface area (Å²) in [5.41, 5.74) is 1.87. The van der Waals surface area contributed by atoms with Crippen molar-refractivity contribution < 1.29 is 33.8 Å². The maximum atomic E-state index is 13.3. The molecule has 3 atom stereocenters. The molecule has 250 valence electrons. The van der Waals surface area contributed by atoms with Gasteiger partial charge in [-0.2, -0.15) is 0 Å². The number of unbranched alkanes of at least 4 members (excludes halogenated alkanes) is 2. The number of allylic oxidation sites excluding steroid dienone is 2. The van der Waals surface area contributed by atoms with Gasteiger partial charge in [-0.25, -0.2) is 4.79 Å². The van der Waals surface area contributed by atoms with Crippen LogP contribution in [0, 0.1) is 5.92 Å². The Morgan fingerprint density at radius 2 is 1.52 bits per heavy atom. The van der Waals surface area contributed by atoms with Crippen molar-refractivity contribution in [1.82, 2.24) is 16.0 Å². The standard InChI is InChI=1S/C36H49N3O7/c1-3-5-8-21-34(42)45-27-31(20-13-14-22-37-36(44)46-26-29-18-11-7-12-19-29)39-35(43)30(15-4-2)24-33(41)38-32(25-40)23-28-16-9-6-10-17-28/h3-4,6-7,9-12,16-19,30-32,40H,1-2,5,8,13-15,20-27H2,(H,37,44)(H,38,41)(H,39,43). The molecule has 0 aliphatic heterocycles. The Hall–Kier alpha value is -4.44. The van der Waals surface area contributed by atoms with E-state index >= 15 is 0 Å². The summed E-state index contributed by atoms with van der Waals surface area (Å²) in [6.45, 7) is 7.70. The second-order valence-electron chi connectivity index (χ2n) is 11.1. The molecule has 0 saturated carbocycles. The summed E-state index contributed by atoms with van der Waals surface area (Å²) < 4.78 is 10.7. The van der Waals surface area contributed by atoms with Gasteiger partial charge in [-0.3, -0.25) is 14.4 Å². The second kappa shape index (κ2) is 23.0. The van der Waals surface area contributed by atoms with Crippen LogP contribution in [0.3, 0.4) is 0 Å². The van der Waals surface area contributed by atoms with Crippen molar-refractivity contribution >= 4 is 23.9 Å². The van der Waals surface area contributed by atoms with Crippen LogP contribution in [0.4, 0.5) is 4.79 Å². The van der Waals surface area contributed by atoms with Crippen LogP contribution in [0.15, 0.2) is 86.0 Å². The van der Waals surface area contributed by atoms with Gasteiger partial charge in [0.2, 0.25) is 11.8 Å². The van der Waals surface area contributed by atoms with Crippen LogP contribution in [0.25, 0.3) is 0 Å². The number of amides is 3. The molecule has 0 saturated heterocycles. The van der Waals surface area contributed by atoms with Crippen molar-refractivity contribution in [3.05, 3.63) is 97.1 Å². The van der Waals surface area contributed by atoms with E-state index < -0.39 is 24.1 Å². The number of aliphatic hydroxyl groups excluding tert-OH is 1. The number of hydrogen-bond donors (Lipinski definition) is 4. The van der Waals surface area contributed by atoms with Gasteiger partial charge in [0.1, 0.15) is 13.2 Å². The topological polar surface area (TPSA) is 143 Å². The number of nitrogens with one attached hydrogen (secondary N) is 3. The number of aliphatic hydroxyl groups is 1. The molecule has 2 aromatic rings. The lowest BCUT2D eigenvalue weighted by molar-refractivity contribution is -0.145. The summed E-state index contributed by atoms with van der Waals surface area (Å²) in [6, 6.07) is 17.9. The Morgan fingerprint density at radius 3 is 2.17 bits per heavy atom. The van der Waals surface area contributed by atoms with Crippen molar-refractivity contribution in [3.63, 3.8) is 0 Å². The number of ether oxygens (including phenoxy) is 2. The highest BCUT2D eigenvalue weighted by atomic mass is 16.5. The lowest BCUT2D eigenvalue weighted by atomic mass is 9.98. The Labute approximate surface area is 272 Å². The first-order valence-corrected chi connectivity index (χ1v) is 15.9. The van der Waals surface area contributed by atoms with Gasteiger partial charge in [-0.15, -0.1) is 13.2 Å². The lowest BCUT2D eigenvalue weighted by Gasteiger charge is -2.23. The van der Waals surface area contributed by atoms with Crippen molar-refractivity contribution in [2.45, 2.75) is 76.5 Å². The zero-order valence-electron chi connectivity index (χ0n) is 26.7. The third-order valence-electron chi connectivity index (χ3n) is 7.21. The van der Waals surface area contributed by atoms with E-state index in [1.165, 1.54) is 0 Å². The molecule has 2 rings (SSSR count).